The third-order valence-corrected chi connectivity index (χ3v) is 6.73. The Labute approximate surface area is 221 Å². The molecule has 0 saturated heterocycles. The van der Waals surface area contributed by atoms with Crippen LogP contribution in [0.4, 0.5) is 11.5 Å². The lowest BCUT2D eigenvalue weighted by Crippen LogP contribution is -2.08. The lowest BCUT2D eigenvalue weighted by atomic mass is 10.0. The third-order valence-electron chi connectivity index (χ3n) is 6.73. The average Bonchev–Trinajstić information content (AvgIpc) is 2.90. The van der Waals surface area contributed by atoms with Crippen molar-refractivity contribution in [2.45, 2.75) is 96.8 Å². The highest BCUT2D eigenvalue weighted by atomic mass is 16.6. The molecule has 0 radical (unpaired) electrons. The van der Waals surface area contributed by atoms with Crippen molar-refractivity contribution >= 4 is 22.3 Å². The molecule has 0 atom stereocenters. The second-order valence-corrected chi connectivity index (χ2v) is 9.77. The molecular weight excluding hydrogens is 464 g/mol. The zero-order valence-corrected chi connectivity index (χ0v) is 22.3. The van der Waals surface area contributed by atoms with Crippen LogP contribution in [-0.4, -0.2) is 21.4 Å². The number of nitrogens with one attached hydrogen (secondary N) is 1. The number of benzene rings is 2. The highest BCUT2D eigenvalue weighted by molar-refractivity contribution is 5.83. The number of nitro groups is 1. The van der Waals surface area contributed by atoms with Gasteiger partial charge in [-0.05, 0) is 29.3 Å². The standard InChI is InChI=1S/C30H42N4O3/c1-2-3-4-5-6-7-8-9-10-11-12-13-14-17-22-31-29-28(34(35)36)30(33-24-32-29)37-27-21-20-25-18-15-16-19-26(25)23-27/h15-16,18-21,23-24H,2-14,17,22H2,1H3,(H,31,32,33). The molecule has 3 rings (SSSR count). The molecular formula is C30H42N4O3. The van der Waals surface area contributed by atoms with Crippen molar-refractivity contribution in [1.29, 1.82) is 0 Å². The lowest BCUT2D eigenvalue weighted by molar-refractivity contribution is -0.385. The number of fused-ring (bicyclic) bond motifs is 1. The molecule has 2 aromatic carbocycles. The van der Waals surface area contributed by atoms with Crippen LogP contribution in [0, 0.1) is 10.1 Å². The van der Waals surface area contributed by atoms with E-state index in [1.54, 1.807) is 6.07 Å². The number of ether oxygens (including phenoxy) is 1. The van der Waals surface area contributed by atoms with Gasteiger partial charge in [-0.1, -0.05) is 121 Å². The van der Waals surface area contributed by atoms with E-state index >= 15 is 0 Å². The molecule has 7 nitrogen and oxygen atoms in total. The summed E-state index contributed by atoms with van der Waals surface area (Å²) in [6.07, 6.45) is 19.5. The largest absolute Gasteiger partial charge is 0.434 e. The van der Waals surface area contributed by atoms with Crippen molar-refractivity contribution in [3.05, 3.63) is 58.9 Å². The van der Waals surface area contributed by atoms with Crippen molar-refractivity contribution in [3.63, 3.8) is 0 Å². The fourth-order valence-corrected chi connectivity index (χ4v) is 4.60. The molecule has 1 N–H and O–H groups in total. The zero-order chi connectivity index (χ0) is 26.1. The average molecular weight is 507 g/mol. The van der Waals surface area contributed by atoms with Gasteiger partial charge in [0.15, 0.2) is 0 Å². The summed E-state index contributed by atoms with van der Waals surface area (Å²) in [6, 6.07) is 13.4. The second-order valence-electron chi connectivity index (χ2n) is 9.77. The monoisotopic (exact) mass is 506 g/mol. The molecule has 1 heterocycles. The maximum atomic E-state index is 11.8. The summed E-state index contributed by atoms with van der Waals surface area (Å²) in [7, 11) is 0. The van der Waals surface area contributed by atoms with Gasteiger partial charge < -0.3 is 10.1 Å². The van der Waals surface area contributed by atoms with Crippen LogP contribution in [-0.2, 0) is 0 Å². The van der Waals surface area contributed by atoms with E-state index in [0.717, 1.165) is 23.6 Å². The van der Waals surface area contributed by atoms with Gasteiger partial charge in [0, 0.05) is 6.54 Å². The number of rotatable bonds is 19. The fourth-order valence-electron chi connectivity index (χ4n) is 4.60. The molecule has 1 aromatic heterocycles. The minimum absolute atomic E-state index is 0.0567. The topological polar surface area (TPSA) is 90.2 Å². The smallest absolute Gasteiger partial charge is 0.373 e. The van der Waals surface area contributed by atoms with Gasteiger partial charge in [-0.15, -0.1) is 0 Å². The number of anilines is 1. The van der Waals surface area contributed by atoms with E-state index in [-0.39, 0.29) is 17.4 Å². The Hall–Kier alpha value is -3.22. The molecule has 0 aliphatic heterocycles. The molecule has 0 amide bonds. The number of aromatic nitrogens is 2. The predicted octanol–water partition coefficient (Wildman–Crippen LogP) is 9.22. The van der Waals surface area contributed by atoms with E-state index in [2.05, 4.69) is 22.2 Å². The van der Waals surface area contributed by atoms with Crippen LogP contribution in [0.5, 0.6) is 11.6 Å². The highest BCUT2D eigenvalue weighted by Crippen LogP contribution is 2.34. The Bertz CT molecular complexity index is 1090. The molecule has 3 aromatic rings. The van der Waals surface area contributed by atoms with Crippen LogP contribution in [0.1, 0.15) is 96.8 Å². The van der Waals surface area contributed by atoms with Crippen LogP contribution in [0.3, 0.4) is 0 Å². The normalized spacial score (nSPS) is 11.1. The zero-order valence-electron chi connectivity index (χ0n) is 22.3. The summed E-state index contributed by atoms with van der Waals surface area (Å²) in [5.74, 6) is 0.641. The molecule has 0 aliphatic rings. The summed E-state index contributed by atoms with van der Waals surface area (Å²) in [5, 5.41) is 17.0. The molecule has 0 spiro atoms. The van der Waals surface area contributed by atoms with Gasteiger partial charge in [0.1, 0.15) is 12.1 Å². The molecule has 0 saturated carbocycles. The molecule has 0 fully saturated rings. The Kier molecular flexibility index (Phi) is 12.7. The van der Waals surface area contributed by atoms with E-state index in [4.69, 9.17) is 4.74 Å². The first-order valence-electron chi connectivity index (χ1n) is 14.1. The minimum atomic E-state index is -0.482. The SMILES string of the molecule is CCCCCCCCCCCCCCCCNc1ncnc(Oc2ccc3ccccc3c2)c1[N+](=O)[O-]. The van der Waals surface area contributed by atoms with Gasteiger partial charge in [-0.3, -0.25) is 10.1 Å². The van der Waals surface area contributed by atoms with Crippen molar-refractivity contribution in [3.8, 4) is 11.6 Å². The maximum absolute atomic E-state index is 11.8. The summed E-state index contributed by atoms with van der Waals surface area (Å²) in [4.78, 5) is 19.5. The van der Waals surface area contributed by atoms with Gasteiger partial charge >= 0.3 is 11.6 Å². The number of unbranched alkanes of at least 4 members (excludes halogenated alkanes) is 13. The van der Waals surface area contributed by atoms with E-state index in [9.17, 15) is 10.1 Å². The highest BCUT2D eigenvalue weighted by Gasteiger charge is 2.25. The first-order chi connectivity index (χ1) is 18.2. The van der Waals surface area contributed by atoms with Gasteiger partial charge in [-0.2, -0.15) is 4.98 Å². The van der Waals surface area contributed by atoms with Gasteiger partial charge in [0.2, 0.25) is 5.82 Å². The van der Waals surface area contributed by atoms with Gasteiger partial charge in [0.05, 0.1) is 4.92 Å². The van der Waals surface area contributed by atoms with Crippen molar-refractivity contribution in [2.75, 3.05) is 11.9 Å². The Morgan fingerprint density at radius 3 is 2.00 bits per heavy atom. The summed E-state index contributed by atoms with van der Waals surface area (Å²) in [5.41, 5.74) is -0.235. The van der Waals surface area contributed by atoms with E-state index in [0.29, 0.717) is 12.3 Å². The lowest BCUT2D eigenvalue weighted by Gasteiger charge is -2.10. The predicted molar refractivity (Wildman–Crippen MR) is 152 cm³/mol. The van der Waals surface area contributed by atoms with Crippen LogP contribution < -0.4 is 10.1 Å². The van der Waals surface area contributed by atoms with Crippen molar-refractivity contribution in [2.24, 2.45) is 0 Å². The van der Waals surface area contributed by atoms with Crippen LogP contribution >= 0.6 is 0 Å². The van der Waals surface area contributed by atoms with E-state index in [1.807, 2.05) is 36.4 Å². The van der Waals surface area contributed by atoms with E-state index < -0.39 is 4.92 Å². The van der Waals surface area contributed by atoms with Crippen molar-refractivity contribution < 1.29 is 9.66 Å². The minimum Gasteiger partial charge on any atom is -0.434 e. The molecule has 37 heavy (non-hydrogen) atoms. The Morgan fingerprint density at radius 2 is 1.38 bits per heavy atom. The first-order valence-corrected chi connectivity index (χ1v) is 14.1. The molecule has 0 aliphatic carbocycles. The van der Waals surface area contributed by atoms with Crippen LogP contribution in [0.2, 0.25) is 0 Å². The van der Waals surface area contributed by atoms with Crippen molar-refractivity contribution in [1.82, 2.24) is 9.97 Å². The Morgan fingerprint density at radius 1 is 0.784 bits per heavy atom. The summed E-state index contributed by atoms with van der Waals surface area (Å²) in [6.45, 7) is 2.89. The molecule has 200 valence electrons. The molecule has 7 heteroatoms. The fraction of sp³-hybridized carbons (Fsp3) is 0.533. The van der Waals surface area contributed by atoms with Crippen LogP contribution in [0.15, 0.2) is 48.8 Å². The number of hydrogen-bond acceptors (Lipinski definition) is 6. The summed E-state index contributed by atoms with van der Waals surface area (Å²) >= 11 is 0. The second kappa shape index (κ2) is 16.5. The third kappa shape index (κ3) is 9.98. The first kappa shape index (κ1) is 28.4. The quantitative estimate of drug-likeness (QED) is 0.0989. The number of nitrogens with zero attached hydrogens (tertiary/aromatic N) is 3. The maximum Gasteiger partial charge on any atom is 0.373 e. The molecule has 0 bridgehead atoms. The number of hydrogen-bond donors (Lipinski definition) is 1. The summed E-state index contributed by atoms with van der Waals surface area (Å²) < 4.78 is 5.82. The van der Waals surface area contributed by atoms with Gasteiger partial charge in [0.25, 0.3) is 0 Å². The van der Waals surface area contributed by atoms with Crippen LogP contribution in [0.25, 0.3) is 10.8 Å². The Balaban J connectivity index is 1.35. The van der Waals surface area contributed by atoms with E-state index in [1.165, 1.54) is 83.4 Å². The van der Waals surface area contributed by atoms with Gasteiger partial charge in [-0.25, -0.2) is 4.98 Å². The molecule has 0 unspecified atom stereocenters.